The summed E-state index contributed by atoms with van der Waals surface area (Å²) < 4.78 is 1.55. The van der Waals surface area contributed by atoms with Crippen molar-refractivity contribution in [2.24, 2.45) is 0 Å². The highest BCUT2D eigenvalue weighted by Gasteiger charge is 2.27. The van der Waals surface area contributed by atoms with Crippen LogP contribution in [0.25, 0.3) is 10.2 Å². The summed E-state index contributed by atoms with van der Waals surface area (Å²) in [5.41, 5.74) is 2.33. The van der Waals surface area contributed by atoms with Crippen LogP contribution in [-0.2, 0) is 17.8 Å². The van der Waals surface area contributed by atoms with Crippen LogP contribution in [0.3, 0.4) is 0 Å². The Bertz CT molecular complexity index is 1290. The van der Waals surface area contributed by atoms with E-state index in [1.807, 2.05) is 13.8 Å². The second-order valence-corrected chi connectivity index (χ2v) is 9.36. The molecule has 1 amide bonds. The number of benzene rings is 1. The summed E-state index contributed by atoms with van der Waals surface area (Å²) >= 11 is 2.69. The highest BCUT2D eigenvalue weighted by Crippen LogP contribution is 2.33. The quantitative estimate of drug-likeness (QED) is 0.184. The largest absolute Gasteiger partial charge is 0.311 e. The number of rotatable bonds is 6. The van der Waals surface area contributed by atoms with E-state index in [-0.39, 0.29) is 22.9 Å². The number of anilines is 1. The van der Waals surface area contributed by atoms with Gasteiger partial charge in [-0.15, -0.1) is 17.9 Å². The SMILES string of the molecule is C=CCn1c(SCC(=O)N2CCc3cc([N+](=O)[O-])ccc32)nc2sc(C)c(C)c2c1=O. The zero-order valence-corrected chi connectivity index (χ0v) is 18.7. The minimum atomic E-state index is -0.435. The number of thiophene rings is 1. The van der Waals surface area contributed by atoms with Crippen LogP contribution in [0.5, 0.6) is 0 Å². The van der Waals surface area contributed by atoms with Crippen LogP contribution in [0.15, 0.2) is 40.8 Å². The number of aromatic nitrogens is 2. The van der Waals surface area contributed by atoms with Gasteiger partial charge in [-0.25, -0.2) is 4.98 Å². The predicted octanol–water partition coefficient (Wildman–Crippen LogP) is 3.85. The maximum absolute atomic E-state index is 13.0. The molecule has 0 atom stereocenters. The third-order valence-corrected chi connectivity index (χ3v) is 7.42. The number of nitro groups is 1. The Hall–Kier alpha value is -2.98. The molecule has 0 saturated carbocycles. The third-order valence-electron chi connectivity index (χ3n) is 5.36. The second-order valence-electron chi connectivity index (χ2n) is 7.22. The van der Waals surface area contributed by atoms with Crippen molar-refractivity contribution in [1.29, 1.82) is 0 Å². The first-order chi connectivity index (χ1) is 14.8. The lowest BCUT2D eigenvalue weighted by Crippen LogP contribution is -2.31. The number of thioether (sulfide) groups is 1. The van der Waals surface area contributed by atoms with Crippen molar-refractivity contribution >= 4 is 50.6 Å². The number of carbonyl (C=O) groups is 1. The minimum absolute atomic E-state index is 0.0231. The fraction of sp³-hybridized carbons (Fsp3) is 0.286. The minimum Gasteiger partial charge on any atom is -0.311 e. The van der Waals surface area contributed by atoms with Crippen LogP contribution in [0.4, 0.5) is 11.4 Å². The number of aryl methyl sites for hydroxylation is 2. The van der Waals surface area contributed by atoms with Crippen LogP contribution < -0.4 is 10.5 Å². The van der Waals surface area contributed by atoms with Gasteiger partial charge in [0, 0.05) is 35.8 Å². The number of amides is 1. The molecule has 0 saturated heterocycles. The number of nitrogens with zero attached hydrogens (tertiary/aromatic N) is 4. The molecule has 0 radical (unpaired) electrons. The molecule has 31 heavy (non-hydrogen) atoms. The van der Waals surface area contributed by atoms with Gasteiger partial charge in [0.1, 0.15) is 4.83 Å². The van der Waals surface area contributed by atoms with E-state index < -0.39 is 4.92 Å². The molecule has 0 fully saturated rings. The van der Waals surface area contributed by atoms with Gasteiger partial charge < -0.3 is 4.90 Å². The number of nitro benzene ring substituents is 1. The van der Waals surface area contributed by atoms with E-state index >= 15 is 0 Å². The standard InChI is InChI=1S/C21H20N4O4S2/c1-4-8-24-20(27)18-12(2)13(3)31-19(18)22-21(24)30-11-17(26)23-9-7-14-10-15(25(28)29)5-6-16(14)23/h4-6,10H,1,7-9,11H2,2-3H3. The number of hydrogen-bond acceptors (Lipinski definition) is 7. The molecule has 8 nitrogen and oxygen atoms in total. The molecule has 0 unspecified atom stereocenters. The Morgan fingerprint density at radius 3 is 2.90 bits per heavy atom. The first kappa shape index (κ1) is 21.3. The molecular weight excluding hydrogens is 436 g/mol. The van der Waals surface area contributed by atoms with Gasteiger partial charge in [-0.1, -0.05) is 17.8 Å². The lowest BCUT2D eigenvalue weighted by Gasteiger charge is -2.17. The lowest BCUT2D eigenvalue weighted by molar-refractivity contribution is -0.384. The zero-order chi connectivity index (χ0) is 22.3. The fourth-order valence-corrected chi connectivity index (χ4v) is 5.63. The van der Waals surface area contributed by atoms with Crippen molar-refractivity contribution in [3.63, 3.8) is 0 Å². The van der Waals surface area contributed by atoms with E-state index in [9.17, 15) is 19.7 Å². The average molecular weight is 457 g/mol. The maximum atomic E-state index is 13.0. The average Bonchev–Trinajstić information content (AvgIpc) is 3.29. The van der Waals surface area contributed by atoms with E-state index in [4.69, 9.17) is 0 Å². The number of non-ortho nitro benzene ring substituents is 1. The molecule has 4 rings (SSSR count). The molecule has 0 aliphatic carbocycles. The Morgan fingerprint density at radius 2 is 2.19 bits per heavy atom. The van der Waals surface area contributed by atoms with E-state index in [0.717, 1.165) is 16.0 Å². The van der Waals surface area contributed by atoms with Gasteiger partial charge in [-0.2, -0.15) is 0 Å². The summed E-state index contributed by atoms with van der Waals surface area (Å²) in [6.07, 6.45) is 2.21. The van der Waals surface area contributed by atoms with Crippen LogP contribution in [0.1, 0.15) is 16.0 Å². The molecule has 10 heteroatoms. The van der Waals surface area contributed by atoms with Crippen LogP contribution in [0.2, 0.25) is 0 Å². The molecule has 1 aliphatic heterocycles. The van der Waals surface area contributed by atoms with Crippen molar-refractivity contribution in [3.8, 4) is 0 Å². The summed E-state index contributed by atoms with van der Waals surface area (Å²) in [6, 6.07) is 4.56. The topological polar surface area (TPSA) is 98.3 Å². The summed E-state index contributed by atoms with van der Waals surface area (Å²) in [5.74, 6) is -0.0230. The molecule has 0 N–H and O–H groups in total. The molecule has 3 heterocycles. The van der Waals surface area contributed by atoms with Crippen molar-refractivity contribution in [1.82, 2.24) is 9.55 Å². The van der Waals surface area contributed by atoms with Crippen LogP contribution >= 0.6 is 23.1 Å². The monoisotopic (exact) mass is 456 g/mol. The normalized spacial score (nSPS) is 12.9. The zero-order valence-electron chi connectivity index (χ0n) is 17.1. The molecule has 0 bridgehead atoms. The van der Waals surface area contributed by atoms with Crippen molar-refractivity contribution in [2.75, 3.05) is 17.2 Å². The predicted molar refractivity (Wildman–Crippen MR) is 123 cm³/mol. The van der Waals surface area contributed by atoms with E-state index in [1.165, 1.54) is 35.2 Å². The van der Waals surface area contributed by atoms with Crippen LogP contribution in [0, 0.1) is 24.0 Å². The maximum Gasteiger partial charge on any atom is 0.269 e. The lowest BCUT2D eigenvalue weighted by atomic mass is 10.1. The molecule has 160 valence electrons. The van der Waals surface area contributed by atoms with E-state index in [0.29, 0.717) is 40.6 Å². The summed E-state index contributed by atoms with van der Waals surface area (Å²) in [5, 5.41) is 12.1. The molecule has 2 aromatic heterocycles. The Kier molecular flexibility index (Phi) is 5.67. The van der Waals surface area contributed by atoms with Gasteiger partial charge in [0.25, 0.3) is 11.2 Å². The third kappa shape index (κ3) is 3.77. The first-order valence-corrected chi connectivity index (χ1v) is 11.4. The van der Waals surface area contributed by atoms with Gasteiger partial charge >= 0.3 is 0 Å². The number of hydrogen-bond donors (Lipinski definition) is 0. The highest BCUT2D eigenvalue weighted by molar-refractivity contribution is 7.99. The van der Waals surface area contributed by atoms with Crippen LogP contribution in [-0.4, -0.2) is 32.7 Å². The van der Waals surface area contributed by atoms with Gasteiger partial charge in [0.2, 0.25) is 5.91 Å². The number of fused-ring (bicyclic) bond motifs is 2. The molecule has 1 aromatic carbocycles. The smallest absolute Gasteiger partial charge is 0.269 e. The van der Waals surface area contributed by atoms with E-state index in [2.05, 4.69) is 11.6 Å². The van der Waals surface area contributed by atoms with Crippen molar-refractivity contribution < 1.29 is 9.72 Å². The van der Waals surface area contributed by atoms with Gasteiger partial charge in [-0.3, -0.25) is 24.3 Å². The number of carbonyl (C=O) groups excluding carboxylic acids is 1. The molecule has 3 aromatic rings. The van der Waals surface area contributed by atoms with Crippen molar-refractivity contribution in [2.45, 2.75) is 32.0 Å². The molecular formula is C21H20N4O4S2. The summed E-state index contributed by atoms with van der Waals surface area (Å²) in [6.45, 7) is 8.40. The molecule has 1 aliphatic rings. The van der Waals surface area contributed by atoms with E-state index in [1.54, 1.807) is 21.6 Å². The second kappa shape index (κ2) is 8.27. The van der Waals surface area contributed by atoms with Gasteiger partial charge in [0.15, 0.2) is 5.16 Å². The van der Waals surface area contributed by atoms with Crippen molar-refractivity contribution in [3.05, 3.63) is 67.3 Å². The van der Waals surface area contributed by atoms with Gasteiger partial charge in [0.05, 0.1) is 16.1 Å². The summed E-state index contributed by atoms with van der Waals surface area (Å²) in [7, 11) is 0. The highest BCUT2D eigenvalue weighted by atomic mass is 32.2. The van der Waals surface area contributed by atoms with Gasteiger partial charge in [-0.05, 0) is 37.5 Å². The molecule has 0 spiro atoms. The summed E-state index contributed by atoms with van der Waals surface area (Å²) in [4.78, 5) is 44.5. The Labute approximate surface area is 186 Å². The Morgan fingerprint density at radius 1 is 1.42 bits per heavy atom. The fourth-order valence-electron chi connectivity index (χ4n) is 3.67. The first-order valence-electron chi connectivity index (χ1n) is 9.63. The Balaban J connectivity index is 1.59. The number of allylic oxidation sites excluding steroid dienone is 1.